The second-order valence-electron chi connectivity index (χ2n) is 8.32. The Morgan fingerprint density at radius 1 is 1.06 bits per heavy atom. The van der Waals surface area contributed by atoms with Gasteiger partial charge in [0.2, 0.25) is 17.7 Å². The largest absolute Gasteiger partial charge is 0.480 e. The van der Waals surface area contributed by atoms with Gasteiger partial charge in [0.25, 0.3) is 0 Å². The Labute approximate surface area is 212 Å². The van der Waals surface area contributed by atoms with E-state index in [4.69, 9.17) is 10.8 Å². The van der Waals surface area contributed by atoms with Crippen molar-refractivity contribution in [1.82, 2.24) is 20.9 Å². The number of thioether (sulfide) groups is 1. The highest BCUT2D eigenvalue weighted by Crippen LogP contribution is 2.19. The molecule has 0 aliphatic heterocycles. The number of aliphatic hydroxyl groups excluding tert-OH is 2. The lowest BCUT2D eigenvalue weighted by atomic mass is 10.0. The van der Waals surface area contributed by atoms with Crippen molar-refractivity contribution in [3.63, 3.8) is 0 Å². The quantitative estimate of drug-likeness (QED) is 0.148. The van der Waals surface area contributed by atoms with Crippen LogP contribution in [0.4, 0.5) is 0 Å². The van der Waals surface area contributed by atoms with Crippen molar-refractivity contribution in [3.8, 4) is 0 Å². The first-order valence-corrected chi connectivity index (χ1v) is 12.7. The summed E-state index contributed by atoms with van der Waals surface area (Å²) in [6.45, 7) is 0.602. The van der Waals surface area contributed by atoms with Crippen LogP contribution in [0.1, 0.15) is 18.9 Å². The normalized spacial score (nSPS) is 15.4. The Bertz CT molecular complexity index is 1060. The zero-order valence-electron chi connectivity index (χ0n) is 20.1. The number of hydrogen-bond acceptors (Lipinski definition) is 8. The van der Waals surface area contributed by atoms with Gasteiger partial charge >= 0.3 is 5.97 Å². The molecule has 198 valence electrons. The van der Waals surface area contributed by atoms with Gasteiger partial charge in [-0.15, -0.1) is 0 Å². The van der Waals surface area contributed by atoms with E-state index in [-0.39, 0.29) is 12.8 Å². The third-order valence-electron chi connectivity index (χ3n) is 5.55. The first kappa shape index (κ1) is 29.1. The number of carboxylic acids is 1. The van der Waals surface area contributed by atoms with Gasteiger partial charge in [0, 0.05) is 23.5 Å². The molecule has 0 radical (unpaired) electrons. The van der Waals surface area contributed by atoms with E-state index in [2.05, 4.69) is 20.9 Å². The van der Waals surface area contributed by atoms with Crippen LogP contribution in [-0.4, -0.2) is 92.9 Å². The molecular formula is C23H33N5O7S. The van der Waals surface area contributed by atoms with Gasteiger partial charge in [-0.25, -0.2) is 4.79 Å². The molecule has 12 nitrogen and oxygen atoms in total. The number of aliphatic hydroxyl groups is 2. The predicted octanol–water partition coefficient (Wildman–Crippen LogP) is -1.30. The Morgan fingerprint density at radius 3 is 2.33 bits per heavy atom. The molecular weight excluding hydrogens is 490 g/mol. The number of aliphatic carboxylic acids is 1. The molecule has 2 aromatic rings. The van der Waals surface area contributed by atoms with Gasteiger partial charge in [0.05, 0.1) is 12.7 Å². The molecule has 0 aliphatic rings. The van der Waals surface area contributed by atoms with Crippen molar-refractivity contribution in [3.05, 3.63) is 36.0 Å². The lowest BCUT2D eigenvalue weighted by molar-refractivity contribution is -0.142. The van der Waals surface area contributed by atoms with Gasteiger partial charge in [-0.2, -0.15) is 11.8 Å². The van der Waals surface area contributed by atoms with Crippen LogP contribution in [0.15, 0.2) is 30.5 Å². The predicted molar refractivity (Wildman–Crippen MR) is 135 cm³/mol. The zero-order valence-corrected chi connectivity index (χ0v) is 20.9. The first-order valence-electron chi connectivity index (χ1n) is 11.3. The molecule has 0 fully saturated rings. The summed E-state index contributed by atoms with van der Waals surface area (Å²) in [6, 6.07) is 2.17. The molecule has 0 saturated carbocycles. The lowest BCUT2D eigenvalue weighted by Gasteiger charge is -2.26. The number of nitrogens with two attached hydrogens (primary N) is 1. The van der Waals surface area contributed by atoms with Crippen LogP contribution < -0.4 is 21.7 Å². The minimum absolute atomic E-state index is 0.00703. The second-order valence-corrected chi connectivity index (χ2v) is 9.31. The van der Waals surface area contributed by atoms with E-state index in [1.54, 1.807) is 6.20 Å². The van der Waals surface area contributed by atoms with Gasteiger partial charge in [-0.3, -0.25) is 14.4 Å². The number of benzene rings is 1. The summed E-state index contributed by atoms with van der Waals surface area (Å²) in [5.74, 6) is -3.18. The van der Waals surface area contributed by atoms with Crippen molar-refractivity contribution in [2.45, 2.75) is 50.0 Å². The average molecular weight is 524 g/mol. The Morgan fingerprint density at radius 2 is 1.72 bits per heavy atom. The Kier molecular flexibility index (Phi) is 11.2. The van der Waals surface area contributed by atoms with E-state index >= 15 is 0 Å². The van der Waals surface area contributed by atoms with E-state index in [1.807, 2.05) is 30.5 Å². The number of para-hydroxylation sites is 1. The van der Waals surface area contributed by atoms with E-state index in [9.17, 15) is 29.4 Å². The zero-order chi connectivity index (χ0) is 26.8. The third kappa shape index (κ3) is 7.95. The smallest absolute Gasteiger partial charge is 0.326 e. The van der Waals surface area contributed by atoms with E-state index < -0.39 is 60.6 Å². The number of aromatic nitrogens is 1. The Hall–Kier alpha value is -3.13. The monoisotopic (exact) mass is 523 g/mol. The third-order valence-corrected chi connectivity index (χ3v) is 6.20. The fraction of sp³-hybridized carbons (Fsp3) is 0.478. The molecule has 0 spiro atoms. The first-order chi connectivity index (χ1) is 17.1. The molecule has 3 amide bonds. The lowest BCUT2D eigenvalue weighted by Crippen LogP contribution is -2.60. The van der Waals surface area contributed by atoms with Crippen molar-refractivity contribution in [2.24, 2.45) is 5.73 Å². The van der Waals surface area contributed by atoms with Crippen LogP contribution in [-0.2, 0) is 25.6 Å². The number of carboxylic acid groups (broad SMARTS) is 1. The number of H-pyrrole nitrogens is 1. The molecule has 2 rings (SSSR count). The number of nitrogens with one attached hydrogen (secondary N) is 4. The highest BCUT2D eigenvalue weighted by Gasteiger charge is 2.32. The molecule has 13 heteroatoms. The highest BCUT2D eigenvalue weighted by atomic mass is 32.2. The summed E-state index contributed by atoms with van der Waals surface area (Å²) in [7, 11) is 0. The van der Waals surface area contributed by atoms with Crippen LogP contribution >= 0.6 is 11.8 Å². The minimum Gasteiger partial charge on any atom is -0.480 e. The molecule has 1 heterocycles. The molecule has 1 aromatic carbocycles. The van der Waals surface area contributed by atoms with Crippen LogP contribution in [0.25, 0.3) is 10.9 Å². The molecule has 1 aromatic heterocycles. The molecule has 5 atom stereocenters. The number of rotatable bonds is 14. The molecule has 36 heavy (non-hydrogen) atoms. The van der Waals surface area contributed by atoms with Crippen molar-refractivity contribution < 1.29 is 34.5 Å². The highest BCUT2D eigenvalue weighted by molar-refractivity contribution is 7.98. The van der Waals surface area contributed by atoms with E-state index in [0.29, 0.717) is 11.3 Å². The summed E-state index contributed by atoms with van der Waals surface area (Å²) < 4.78 is 0. The van der Waals surface area contributed by atoms with Crippen molar-refractivity contribution in [2.75, 3.05) is 18.6 Å². The van der Waals surface area contributed by atoms with Crippen molar-refractivity contribution in [1.29, 1.82) is 0 Å². The number of carbonyl (C=O) groups excluding carboxylic acids is 3. The Balaban J connectivity index is 2.30. The number of carbonyl (C=O) groups is 4. The van der Waals surface area contributed by atoms with Gasteiger partial charge in [0.15, 0.2) is 0 Å². The van der Waals surface area contributed by atoms with Crippen LogP contribution in [0.3, 0.4) is 0 Å². The maximum Gasteiger partial charge on any atom is 0.326 e. The summed E-state index contributed by atoms with van der Waals surface area (Å²) in [6.07, 6.45) is 2.33. The fourth-order valence-electron chi connectivity index (χ4n) is 3.51. The van der Waals surface area contributed by atoms with Crippen LogP contribution in [0, 0.1) is 0 Å². The maximum atomic E-state index is 13.2. The fourth-order valence-corrected chi connectivity index (χ4v) is 3.98. The summed E-state index contributed by atoms with van der Waals surface area (Å²) in [4.78, 5) is 53.1. The van der Waals surface area contributed by atoms with Crippen LogP contribution in [0.2, 0.25) is 0 Å². The second kappa shape index (κ2) is 13.8. The van der Waals surface area contributed by atoms with Gasteiger partial charge in [0.1, 0.15) is 24.2 Å². The summed E-state index contributed by atoms with van der Waals surface area (Å²) >= 11 is 1.43. The number of amides is 3. The molecule has 0 saturated heterocycles. The summed E-state index contributed by atoms with van der Waals surface area (Å²) in [5.41, 5.74) is 6.99. The SMILES string of the molecule is CSCC[C@H](NC(=O)[C@H](Cc1c[nH]c2ccccc12)NC(=O)[C@@H](NC(=O)[C@@H](N)CO)[C@@H](C)O)C(=O)O. The standard InChI is InChI=1S/C23H33N5O7S/c1-12(30)19(28-20(31)15(24)11-29)22(33)27-18(21(32)26-17(23(34)35)7-8-36-2)9-13-10-25-16-6-4-3-5-14(13)16/h3-6,10,12,15,17-19,25,29-30H,7-9,11,24H2,1-2H3,(H,26,32)(H,27,33)(H,28,31)(H,34,35)/t12-,15+,17+,18+,19+/m1/s1. The van der Waals surface area contributed by atoms with Gasteiger partial charge in [-0.05, 0) is 37.0 Å². The maximum absolute atomic E-state index is 13.2. The summed E-state index contributed by atoms with van der Waals surface area (Å²) in [5, 5.41) is 36.8. The van der Waals surface area contributed by atoms with Crippen molar-refractivity contribution >= 4 is 46.4 Å². The number of aromatic amines is 1. The molecule has 0 unspecified atom stereocenters. The molecule has 0 aliphatic carbocycles. The van der Waals surface area contributed by atoms with Crippen LogP contribution in [0.5, 0.6) is 0 Å². The van der Waals surface area contributed by atoms with Gasteiger partial charge in [-0.1, -0.05) is 18.2 Å². The molecule has 9 N–H and O–H groups in total. The topological polar surface area (TPSA) is 207 Å². The minimum atomic E-state index is -1.47. The number of hydrogen-bond donors (Lipinski definition) is 8. The van der Waals surface area contributed by atoms with E-state index in [0.717, 1.165) is 10.9 Å². The average Bonchev–Trinajstić information content (AvgIpc) is 3.26. The van der Waals surface area contributed by atoms with E-state index in [1.165, 1.54) is 18.7 Å². The number of fused-ring (bicyclic) bond motifs is 1. The van der Waals surface area contributed by atoms with Gasteiger partial charge < -0.3 is 42.0 Å². The molecule has 0 bridgehead atoms.